The van der Waals surface area contributed by atoms with E-state index in [1.165, 1.54) is 4.90 Å². The third kappa shape index (κ3) is 6.69. The van der Waals surface area contributed by atoms with Crippen molar-refractivity contribution in [3.05, 3.63) is 46.2 Å². The van der Waals surface area contributed by atoms with Crippen LogP contribution in [0.3, 0.4) is 0 Å². The van der Waals surface area contributed by atoms with E-state index >= 15 is 0 Å². The first-order chi connectivity index (χ1) is 22.8. The number of benzene rings is 1. The van der Waals surface area contributed by atoms with Crippen LogP contribution in [0.15, 0.2) is 35.0 Å². The Bertz CT molecular complexity index is 1760. The van der Waals surface area contributed by atoms with Gasteiger partial charge in [0.25, 0.3) is 0 Å². The van der Waals surface area contributed by atoms with Gasteiger partial charge in [0.1, 0.15) is 34.3 Å². The maximum atomic E-state index is 14.3. The van der Waals surface area contributed by atoms with E-state index < -0.39 is 53.1 Å². The lowest BCUT2D eigenvalue weighted by Crippen LogP contribution is -2.56. The zero-order valence-corrected chi connectivity index (χ0v) is 28.9. The van der Waals surface area contributed by atoms with Crippen LogP contribution in [0.25, 0.3) is 22.2 Å². The minimum atomic E-state index is -1.42. The Kier molecular flexibility index (Phi) is 9.10. The van der Waals surface area contributed by atoms with Crippen LogP contribution in [-0.4, -0.2) is 78.6 Å². The molecule has 1 aromatic carbocycles. The average Bonchev–Trinajstić information content (AvgIpc) is 3.47. The van der Waals surface area contributed by atoms with Crippen LogP contribution in [0, 0.1) is 19.8 Å². The van der Waals surface area contributed by atoms with Crippen molar-refractivity contribution in [1.29, 1.82) is 0 Å². The minimum absolute atomic E-state index is 0.114. The number of aryl methyl sites for hydroxylation is 1. The van der Waals surface area contributed by atoms with Gasteiger partial charge in [-0.25, -0.2) is 9.59 Å². The average molecular weight is 677 g/mol. The second-order valence-electron chi connectivity index (χ2n) is 14.3. The van der Waals surface area contributed by atoms with Crippen molar-refractivity contribution < 1.29 is 29.0 Å². The molecular weight excluding hydrogens is 632 g/mol. The van der Waals surface area contributed by atoms with Gasteiger partial charge in [-0.1, -0.05) is 25.0 Å². The molecule has 0 spiro atoms. The Labute approximate surface area is 283 Å². The standard InChI is InChI=1S/C35H44N6O6S/c1-20-21(2)29-27(16-25(20)22-13-14-48-19-22)38-41(39-29)24-15-28-30(42)37-35(32(44)45)17-23(35)11-9-7-6-8-10-12-26(31(43)40(28)18-24)36-33(46)47-34(3,4)5/h9,11,13-14,16,19,23-24,26,28H,6-8,10,12,15,17-18H2,1-5H3,(H,36,46)(H,37,42)(H,44,45)/b11-9-/t23-,24+,26-,28+,35+/m1/s1. The zero-order valence-electron chi connectivity index (χ0n) is 28.1. The molecule has 0 bridgehead atoms. The van der Waals surface area contributed by atoms with Gasteiger partial charge < -0.3 is 25.4 Å². The molecule has 3 N–H and O–H groups in total. The first-order valence-corrected chi connectivity index (χ1v) is 17.6. The molecule has 2 aromatic heterocycles. The lowest BCUT2D eigenvalue weighted by molar-refractivity contribution is -0.145. The molecule has 3 amide bonds. The van der Waals surface area contributed by atoms with Crippen LogP contribution >= 0.6 is 11.3 Å². The number of thiophene rings is 1. The number of carboxylic acids is 1. The van der Waals surface area contributed by atoms with E-state index in [0.29, 0.717) is 18.4 Å². The van der Waals surface area contributed by atoms with Gasteiger partial charge in [-0.15, -0.1) is 0 Å². The second kappa shape index (κ2) is 13.0. The van der Waals surface area contributed by atoms with Crippen molar-refractivity contribution in [2.24, 2.45) is 5.92 Å². The predicted octanol–water partition coefficient (Wildman–Crippen LogP) is 5.29. The summed E-state index contributed by atoms with van der Waals surface area (Å²) in [5.74, 6) is -2.39. The molecule has 1 aliphatic carbocycles. The van der Waals surface area contributed by atoms with E-state index in [-0.39, 0.29) is 25.3 Å². The van der Waals surface area contributed by atoms with Crippen LogP contribution in [0.4, 0.5) is 4.79 Å². The summed E-state index contributed by atoms with van der Waals surface area (Å²) in [5, 5.41) is 29.6. The highest BCUT2D eigenvalue weighted by molar-refractivity contribution is 7.08. The van der Waals surface area contributed by atoms with Gasteiger partial charge in [0, 0.05) is 18.9 Å². The number of carboxylic acid groups (broad SMARTS) is 1. The molecule has 13 heteroatoms. The largest absolute Gasteiger partial charge is 0.479 e. The first-order valence-electron chi connectivity index (χ1n) is 16.7. The summed E-state index contributed by atoms with van der Waals surface area (Å²) in [4.78, 5) is 56.7. The molecule has 1 saturated heterocycles. The van der Waals surface area contributed by atoms with Crippen molar-refractivity contribution >= 4 is 46.2 Å². The topological polar surface area (TPSA) is 156 Å². The van der Waals surface area contributed by atoms with Gasteiger partial charge in [-0.3, -0.25) is 9.59 Å². The van der Waals surface area contributed by atoms with Crippen molar-refractivity contribution in [2.45, 2.75) is 109 Å². The lowest BCUT2D eigenvalue weighted by Gasteiger charge is -2.30. The molecule has 12 nitrogen and oxygen atoms in total. The number of aromatic nitrogens is 3. The van der Waals surface area contributed by atoms with Gasteiger partial charge in [-0.2, -0.15) is 26.3 Å². The number of carbonyl (C=O) groups excluding carboxylic acids is 3. The van der Waals surface area contributed by atoms with Crippen molar-refractivity contribution in [3.63, 3.8) is 0 Å². The number of alkyl carbamates (subject to hydrolysis) is 1. The number of fused-ring (bicyclic) bond motifs is 3. The van der Waals surface area contributed by atoms with Gasteiger partial charge >= 0.3 is 12.1 Å². The van der Waals surface area contributed by atoms with Gasteiger partial charge in [0.15, 0.2) is 0 Å². The monoisotopic (exact) mass is 676 g/mol. The normalized spacial score (nSPS) is 27.3. The Hall–Kier alpha value is -4.26. The number of rotatable bonds is 4. The molecule has 2 aliphatic heterocycles. The third-order valence-corrected chi connectivity index (χ3v) is 10.4. The summed E-state index contributed by atoms with van der Waals surface area (Å²) in [6.07, 6.45) is 7.08. The number of nitrogens with one attached hydrogen (secondary N) is 2. The molecule has 3 aliphatic rings. The number of ether oxygens (including phenoxy) is 1. The molecule has 5 atom stereocenters. The Morgan fingerprint density at radius 2 is 1.94 bits per heavy atom. The fraction of sp³-hybridized carbons (Fsp3) is 0.543. The molecule has 1 saturated carbocycles. The summed E-state index contributed by atoms with van der Waals surface area (Å²) < 4.78 is 5.49. The molecule has 0 radical (unpaired) electrons. The van der Waals surface area contributed by atoms with E-state index in [0.717, 1.165) is 47.0 Å². The number of amides is 3. The highest BCUT2D eigenvalue weighted by Crippen LogP contribution is 2.45. The smallest absolute Gasteiger partial charge is 0.408 e. The van der Waals surface area contributed by atoms with Crippen LogP contribution in [-0.2, 0) is 19.1 Å². The summed E-state index contributed by atoms with van der Waals surface area (Å²) >= 11 is 1.62. The quantitative estimate of drug-likeness (QED) is 0.315. The predicted molar refractivity (Wildman–Crippen MR) is 181 cm³/mol. The number of hydrogen-bond donors (Lipinski definition) is 3. The first kappa shape index (κ1) is 33.6. The summed E-state index contributed by atoms with van der Waals surface area (Å²) in [6.45, 7) is 9.44. The molecule has 256 valence electrons. The van der Waals surface area contributed by atoms with Crippen LogP contribution < -0.4 is 10.6 Å². The van der Waals surface area contributed by atoms with E-state index in [9.17, 15) is 24.3 Å². The minimum Gasteiger partial charge on any atom is -0.479 e. The third-order valence-electron chi connectivity index (χ3n) is 9.75. The summed E-state index contributed by atoms with van der Waals surface area (Å²) in [5.41, 5.74) is 3.55. The Morgan fingerprint density at radius 3 is 2.65 bits per heavy atom. The van der Waals surface area contributed by atoms with Crippen LogP contribution in [0.1, 0.15) is 82.9 Å². The summed E-state index contributed by atoms with van der Waals surface area (Å²) in [6, 6.07) is 1.71. The van der Waals surface area contributed by atoms with Gasteiger partial charge in [0.2, 0.25) is 11.8 Å². The number of hydrogen-bond acceptors (Lipinski definition) is 8. The maximum Gasteiger partial charge on any atom is 0.408 e. The van der Waals surface area contributed by atoms with Crippen molar-refractivity contribution in [1.82, 2.24) is 30.5 Å². The molecule has 0 unspecified atom stereocenters. The number of aliphatic carboxylic acids is 1. The van der Waals surface area contributed by atoms with E-state index in [4.69, 9.17) is 14.9 Å². The molecule has 4 heterocycles. The summed E-state index contributed by atoms with van der Waals surface area (Å²) in [7, 11) is 0. The molecule has 6 rings (SSSR count). The van der Waals surface area contributed by atoms with Gasteiger partial charge in [0.05, 0.1) is 6.04 Å². The van der Waals surface area contributed by atoms with E-state index in [2.05, 4.69) is 29.0 Å². The molecule has 3 aromatic rings. The van der Waals surface area contributed by atoms with Crippen molar-refractivity contribution in [3.8, 4) is 11.1 Å². The van der Waals surface area contributed by atoms with E-state index in [1.807, 2.05) is 30.5 Å². The Morgan fingerprint density at radius 1 is 1.15 bits per heavy atom. The molecule has 48 heavy (non-hydrogen) atoms. The maximum absolute atomic E-state index is 14.3. The Balaban J connectivity index is 1.34. The lowest BCUT2D eigenvalue weighted by atomic mass is 9.98. The second-order valence-corrected chi connectivity index (χ2v) is 15.1. The van der Waals surface area contributed by atoms with Gasteiger partial charge in [-0.05, 0) is 105 Å². The van der Waals surface area contributed by atoms with Crippen LogP contribution in [0.5, 0.6) is 0 Å². The number of nitrogens with zero attached hydrogens (tertiary/aromatic N) is 4. The fourth-order valence-electron chi connectivity index (χ4n) is 6.90. The number of carbonyl (C=O) groups is 4. The highest BCUT2D eigenvalue weighted by atomic mass is 32.1. The fourth-order valence-corrected chi connectivity index (χ4v) is 7.55. The highest BCUT2D eigenvalue weighted by Gasteiger charge is 2.61. The zero-order chi connectivity index (χ0) is 34.4. The van der Waals surface area contributed by atoms with E-state index in [1.54, 1.807) is 36.9 Å². The van der Waals surface area contributed by atoms with Crippen LogP contribution in [0.2, 0.25) is 0 Å². The SMILES string of the molecule is Cc1c(-c2ccsc2)cc2nn([C@H]3C[C@H]4C(=O)N[C@@]5(C(=O)O)C[C@H]5/C=C\CCCCC[C@@H](NC(=O)OC(C)(C)C)C(=O)N4C3)nc2c1C. The van der Waals surface area contributed by atoms with Crippen molar-refractivity contribution in [2.75, 3.05) is 6.54 Å². The molecule has 2 fully saturated rings. The number of allylic oxidation sites excluding steroid dienone is 1. The molecular formula is C35H44N6O6S.